The number of nitrogens with zero attached hydrogens (tertiary/aromatic N) is 2. The van der Waals surface area contributed by atoms with Crippen LogP contribution < -0.4 is 10.1 Å². The number of hydrogen-bond donors (Lipinski definition) is 1. The van der Waals surface area contributed by atoms with Gasteiger partial charge in [0, 0.05) is 0 Å². The highest BCUT2D eigenvalue weighted by atomic mass is 32.2. The van der Waals surface area contributed by atoms with Crippen LogP contribution in [0.4, 0.5) is 5.69 Å². The van der Waals surface area contributed by atoms with Gasteiger partial charge in [-0.2, -0.15) is 4.98 Å². The van der Waals surface area contributed by atoms with Crippen LogP contribution >= 0.6 is 23.1 Å². The lowest BCUT2D eigenvalue weighted by molar-refractivity contribution is -0.113. The maximum Gasteiger partial charge on any atom is 0.236 e. The van der Waals surface area contributed by atoms with Crippen molar-refractivity contribution in [3.8, 4) is 16.5 Å². The Morgan fingerprint density at radius 3 is 3.00 bits per heavy atom. The third-order valence-corrected chi connectivity index (χ3v) is 4.83. The first-order valence-electron chi connectivity index (χ1n) is 7.13. The predicted molar refractivity (Wildman–Crippen MR) is 95.4 cm³/mol. The van der Waals surface area contributed by atoms with E-state index < -0.39 is 0 Å². The number of ether oxygens (including phenoxy) is 1. The molecule has 0 bridgehead atoms. The van der Waals surface area contributed by atoms with Crippen LogP contribution in [0, 0.1) is 0 Å². The lowest BCUT2D eigenvalue weighted by atomic mass is 10.3. The highest BCUT2D eigenvalue weighted by molar-refractivity contribution is 7.99. The van der Waals surface area contributed by atoms with Gasteiger partial charge in [-0.3, -0.25) is 4.79 Å². The monoisotopic (exact) mass is 361 g/mol. The van der Waals surface area contributed by atoms with E-state index in [1.807, 2.05) is 29.6 Å². The van der Waals surface area contributed by atoms with E-state index in [1.165, 1.54) is 11.8 Å². The standard InChI is InChI=1S/C16H15N3O3S2/c1-21-12-6-3-2-5-11(12)17-14(20)9-23-10-15-18-16(19-22-15)13-7-4-8-24-13/h2-8H,9-10H2,1H3,(H,17,20). The smallest absolute Gasteiger partial charge is 0.236 e. The molecule has 0 fully saturated rings. The molecular formula is C16H15N3O3S2. The van der Waals surface area contributed by atoms with E-state index in [-0.39, 0.29) is 11.7 Å². The molecule has 1 N–H and O–H groups in total. The van der Waals surface area contributed by atoms with Crippen molar-refractivity contribution in [2.24, 2.45) is 0 Å². The maximum absolute atomic E-state index is 12.0. The van der Waals surface area contributed by atoms with Gasteiger partial charge in [-0.25, -0.2) is 0 Å². The number of para-hydroxylation sites is 2. The van der Waals surface area contributed by atoms with Gasteiger partial charge in [0.15, 0.2) is 0 Å². The second kappa shape index (κ2) is 7.98. The zero-order chi connectivity index (χ0) is 16.8. The van der Waals surface area contributed by atoms with Crippen LogP contribution in [0.15, 0.2) is 46.3 Å². The molecule has 2 heterocycles. The quantitative estimate of drug-likeness (QED) is 0.692. The average molecular weight is 361 g/mol. The SMILES string of the molecule is COc1ccccc1NC(=O)CSCc1nc(-c2cccs2)no1. The summed E-state index contributed by atoms with van der Waals surface area (Å²) in [4.78, 5) is 17.3. The summed E-state index contributed by atoms with van der Waals surface area (Å²) in [6.07, 6.45) is 0. The van der Waals surface area contributed by atoms with Crippen LogP contribution in [-0.2, 0) is 10.5 Å². The molecule has 1 aromatic carbocycles. The van der Waals surface area contributed by atoms with E-state index in [0.29, 0.717) is 28.9 Å². The Balaban J connectivity index is 1.49. The van der Waals surface area contributed by atoms with Crippen LogP contribution in [-0.4, -0.2) is 28.9 Å². The molecule has 0 aliphatic carbocycles. The van der Waals surface area contributed by atoms with Gasteiger partial charge >= 0.3 is 0 Å². The summed E-state index contributed by atoms with van der Waals surface area (Å²) < 4.78 is 10.4. The second-order valence-corrected chi connectivity index (χ2v) is 6.66. The number of carbonyl (C=O) groups is 1. The lowest BCUT2D eigenvalue weighted by Gasteiger charge is -2.09. The van der Waals surface area contributed by atoms with Gasteiger partial charge in [-0.05, 0) is 23.6 Å². The van der Waals surface area contributed by atoms with Gasteiger partial charge in [0.2, 0.25) is 17.6 Å². The lowest BCUT2D eigenvalue weighted by Crippen LogP contribution is -2.14. The number of methoxy groups -OCH3 is 1. The van der Waals surface area contributed by atoms with Crippen LogP contribution in [0.3, 0.4) is 0 Å². The molecule has 0 spiro atoms. The molecule has 0 saturated heterocycles. The molecule has 0 unspecified atom stereocenters. The molecule has 1 amide bonds. The van der Waals surface area contributed by atoms with E-state index in [1.54, 1.807) is 30.6 Å². The first kappa shape index (κ1) is 16.5. The number of carbonyl (C=O) groups excluding carboxylic acids is 1. The summed E-state index contributed by atoms with van der Waals surface area (Å²) in [5.41, 5.74) is 0.656. The zero-order valence-corrected chi connectivity index (χ0v) is 14.5. The Kier molecular flexibility index (Phi) is 5.50. The Labute approximate surface area is 147 Å². The van der Waals surface area contributed by atoms with E-state index in [9.17, 15) is 4.79 Å². The van der Waals surface area contributed by atoms with Crippen molar-refractivity contribution in [1.82, 2.24) is 10.1 Å². The summed E-state index contributed by atoms with van der Waals surface area (Å²) in [5.74, 6) is 2.38. The molecule has 3 aromatic rings. The molecule has 24 heavy (non-hydrogen) atoms. The molecule has 0 radical (unpaired) electrons. The van der Waals surface area contributed by atoms with Crippen molar-refractivity contribution in [2.45, 2.75) is 5.75 Å². The van der Waals surface area contributed by atoms with Crippen molar-refractivity contribution in [3.05, 3.63) is 47.7 Å². The fourth-order valence-corrected chi connectivity index (χ4v) is 3.29. The zero-order valence-electron chi connectivity index (χ0n) is 12.9. The van der Waals surface area contributed by atoms with Crippen molar-refractivity contribution >= 4 is 34.7 Å². The van der Waals surface area contributed by atoms with Crippen LogP contribution in [0.1, 0.15) is 5.89 Å². The highest BCUT2D eigenvalue weighted by Crippen LogP contribution is 2.24. The molecule has 2 aromatic heterocycles. The molecule has 124 valence electrons. The third kappa shape index (κ3) is 4.15. The molecule has 0 saturated carbocycles. The summed E-state index contributed by atoms with van der Waals surface area (Å²) in [5, 5.41) is 8.73. The normalized spacial score (nSPS) is 10.5. The molecule has 0 aliphatic heterocycles. The maximum atomic E-state index is 12.0. The fourth-order valence-electron chi connectivity index (χ4n) is 1.98. The minimum Gasteiger partial charge on any atom is -0.495 e. The summed E-state index contributed by atoms with van der Waals surface area (Å²) in [6.45, 7) is 0. The topological polar surface area (TPSA) is 77.2 Å². The summed E-state index contributed by atoms with van der Waals surface area (Å²) in [7, 11) is 1.57. The number of anilines is 1. The minimum absolute atomic E-state index is 0.109. The van der Waals surface area contributed by atoms with Gasteiger partial charge in [0.25, 0.3) is 0 Å². The molecule has 3 rings (SSSR count). The first-order valence-corrected chi connectivity index (χ1v) is 9.17. The fraction of sp³-hybridized carbons (Fsp3) is 0.188. The number of nitrogens with one attached hydrogen (secondary N) is 1. The van der Waals surface area contributed by atoms with Gasteiger partial charge in [-0.15, -0.1) is 23.1 Å². The van der Waals surface area contributed by atoms with Gasteiger partial charge in [0.05, 0.1) is 29.2 Å². The Morgan fingerprint density at radius 1 is 1.33 bits per heavy atom. The highest BCUT2D eigenvalue weighted by Gasteiger charge is 2.11. The van der Waals surface area contributed by atoms with Crippen molar-refractivity contribution in [2.75, 3.05) is 18.2 Å². The van der Waals surface area contributed by atoms with Crippen LogP contribution in [0.25, 0.3) is 10.7 Å². The number of amides is 1. The molecule has 8 heteroatoms. The first-order chi connectivity index (χ1) is 11.8. The second-order valence-electron chi connectivity index (χ2n) is 4.73. The Hall–Kier alpha value is -2.32. The Morgan fingerprint density at radius 2 is 2.21 bits per heavy atom. The third-order valence-electron chi connectivity index (χ3n) is 3.05. The Bertz CT molecular complexity index is 803. The number of thioether (sulfide) groups is 1. The van der Waals surface area contributed by atoms with E-state index in [0.717, 1.165) is 4.88 Å². The van der Waals surface area contributed by atoms with Gasteiger partial charge in [0.1, 0.15) is 5.75 Å². The number of thiophene rings is 1. The number of aromatic nitrogens is 2. The van der Waals surface area contributed by atoms with Gasteiger partial charge in [-0.1, -0.05) is 23.4 Å². The van der Waals surface area contributed by atoms with E-state index >= 15 is 0 Å². The van der Waals surface area contributed by atoms with E-state index in [2.05, 4.69) is 15.5 Å². The number of rotatable bonds is 7. The van der Waals surface area contributed by atoms with Crippen LogP contribution in [0.5, 0.6) is 5.75 Å². The average Bonchev–Trinajstić information content (AvgIpc) is 3.26. The minimum atomic E-state index is -0.109. The summed E-state index contributed by atoms with van der Waals surface area (Å²) in [6, 6.07) is 11.2. The van der Waals surface area contributed by atoms with E-state index in [4.69, 9.17) is 9.26 Å². The number of hydrogen-bond acceptors (Lipinski definition) is 7. The van der Waals surface area contributed by atoms with Crippen molar-refractivity contribution < 1.29 is 14.1 Å². The van der Waals surface area contributed by atoms with Crippen molar-refractivity contribution in [1.29, 1.82) is 0 Å². The predicted octanol–water partition coefficient (Wildman–Crippen LogP) is 3.68. The molecule has 0 atom stereocenters. The van der Waals surface area contributed by atoms with Crippen molar-refractivity contribution in [3.63, 3.8) is 0 Å². The van der Waals surface area contributed by atoms with Crippen LogP contribution in [0.2, 0.25) is 0 Å². The van der Waals surface area contributed by atoms with Gasteiger partial charge < -0.3 is 14.6 Å². The number of benzene rings is 1. The molecular weight excluding hydrogens is 346 g/mol. The largest absolute Gasteiger partial charge is 0.495 e. The molecule has 0 aliphatic rings. The molecule has 6 nitrogen and oxygen atoms in total. The summed E-state index contributed by atoms with van der Waals surface area (Å²) >= 11 is 2.97.